The Balaban J connectivity index is 1.67. The molecule has 1 saturated heterocycles. The number of thiazole rings is 1. The summed E-state index contributed by atoms with van der Waals surface area (Å²) in [5.74, 6) is -0.0226. The molecule has 2 N–H and O–H groups in total. The Kier molecular flexibility index (Phi) is 5.33. The highest BCUT2D eigenvalue weighted by molar-refractivity contribution is 7.73. The first-order valence-corrected chi connectivity index (χ1v) is 9.17. The molecule has 7 heteroatoms. The first kappa shape index (κ1) is 17.1. The van der Waals surface area contributed by atoms with Crippen molar-refractivity contribution in [2.24, 2.45) is 0 Å². The second-order valence-corrected chi connectivity index (χ2v) is 7.66. The van der Waals surface area contributed by atoms with E-state index in [1.54, 1.807) is 0 Å². The number of aromatic amines is 1. The van der Waals surface area contributed by atoms with Gasteiger partial charge in [0.1, 0.15) is 0 Å². The van der Waals surface area contributed by atoms with Crippen LogP contribution in [0, 0.1) is 17.8 Å². The van der Waals surface area contributed by atoms with Gasteiger partial charge >= 0.3 is 0 Å². The van der Waals surface area contributed by atoms with Crippen LogP contribution in [0.1, 0.15) is 16.1 Å². The van der Waals surface area contributed by atoms with E-state index in [2.05, 4.69) is 27.3 Å². The Morgan fingerprint density at radius 3 is 2.75 bits per heavy atom. The van der Waals surface area contributed by atoms with Crippen molar-refractivity contribution in [3.63, 3.8) is 0 Å². The number of morpholine rings is 1. The van der Waals surface area contributed by atoms with E-state index in [-0.39, 0.29) is 5.91 Å². The molecule has 0 aliphatic carbocycles. The summed E-state index contributed by atoms with van der Waals surface area (Å²) in [5, 5.41) is 3.00. The summed E-state index contributed by atoms with van der Waals surface area (Å²) >= 11 is 6.58. The van der Waals surface area contributed by atoms with Gasteiger partial charge < -0.3 is 19.9 Å². The van der Waals surface area contributed by atoms with Crippen LogP contribution < -0.4 is 10.2 Å². The first-order chi connectivity index (χ1) is 11.5. The quantitative estimate of drug-likeness (QED) is 0.817. The van der Waals surface area contributed by atoms with E-state index in [1.807, 2.05) is 19.9 Å². The number of carbonyl (C=O) groups is 1. The van der Waals surface area contributed by atoms with Gasteiger partial charge in [0, 0.05) is 35.0 Å². The predicted molar refractivity (Wildman–Crippen MR) is 101 cm³/mol. The number of hydrogen-bond acceptors (Lipinski definition) is 5. The van der Waals surface area contributed by atoms with Crippen molar-refractivity contribution in [1.82, 2.24) is 4.98 Å². The Morgan fingerprint density at radius 1 is 1.38 bits per heavy atom. The minimum absolute atomic E-state index is 0.0226. The Labute approximate surface area is 150 Å². The maximum Gasteiger partial charge on any atom is 0.229 e. The highest BCUT2D eigenvalue weighted by Gasteiger charge is 2.14. The largest absolute Gasteiger partial charge is 0.378 e. The van der Waals surface area contributed by atoms with E-state index in [1.165, 1.54) is 17.0 Å². The molecule has 0 atom stereocenters. The van der Waals surface area contributed by atoms with Crippen molar-refractivity contribution in [3.05, 3.63) is 38.3 Å². The average molecular weight is 364 g/mol. The SMILES string of the molecule is Cc1cc(N2CCOCC2)ccc1NC(=O)Cc1sc(=S)[nH]c1C. The molecule has 5 nitrogen and oxygen atoms in total. The predicted octanol–water partition coefficient (Wildman–Crippen LogP) is 3.44. The van der Waals surface area contributed by atoms with Crippen molar-refractivity contribution >= 4 is 40.8 Å². The van der Waals surface area contributed by atoms with Gasteiger partial charge in [0.25, 0.3) is 0 Å². The van der Waals surface area contributed by atoms with Crippen LogP contribution >= 0.6 is 23.6 Å². The molecule has 0 bridgehead atoms. The van der Waals surface area contributed by atoms with Crippen LogP contribution in [0.15, 0.2) is 18.2 Å². The second kappa shape index (κ2) is 7.46. The Hall–Kier alpha value is -1.70. The molecular formula is C17H21N3O2S2. The van der Waals surface area contributed by atoms with Crippen molar-refractivity contribution < 1.29 is 9.53 Å². The van der Waals surface area contributed by atoms with E-state index in [0.29, 0.717) is 10.4 Å². The fourth-order valence-corrected chi connectivity index (χ4v) is 4.04. The summed E-state index contributed by atoms with van der Waals surface area (Å²) in [7, 11) is 0. The number of nitrogens with one attached hydrogen (secondary N) is 2. The second-order valence-electron chi connectivity index (χ2n) is 5.89. The zero-order valence-electron chi connectivity index (χ0n) is 13.8. The zero-order valence-corrected chi connectivity index (χ0v) is 15.5. The monoisotopic (exact) mass is 363 g/mol. The summed E-state index contributed by atoms with van der Waals surface area (Å²) < 4.78 is 6.10. The van der Waals surface area contributed by atoms with Gasteiger partial charge in [0.15, 0.2) is 3.95 Å². The summed E-state index contributed by atoms with van der Waals surface area (Å²) in [6.07, 6.45) is 0.342. The van der Waals surface area contributed by atoms with Crippen molar-refractivity contribution in [2.75, 3.05) is 36.5 Å². The third-order valence-electron chi connectivity index (χ3n) is 4.11. The van der Waals surface area contributed by atoms with Crippen LogP contribution in [0.25, 0.3) is 0 Å². The van der Waals surface area contributed by atoms with Gasteiger partial charge in [-0.1, -0.05) is 0 Å². The molecule has 128 valence electrons. The molecule has 2 aromatic rings. The number of H-pyrrole nitrogens is 1. The van der Waals surface area contributed by atoms with Crippen LogP contribution in [0.3, 0.4) is 0 Å². The van der Waals surface area contributed by atoms with Gasteiger partial charge in [-0.05, 0) is 49.8 Å². The Morgan fingerprint density at radius 2 is 2.12 bits per heavy atom. The number of ether oxygens (including phenoxy) is 1. The van der Waals surface area contributed by atoms with Gasteiger partial charge in [-0.15, -0.1) is 11.3 Å². The smallest absolute Gasteiger partial charge is 0.229 e. The molecule has 1 amide bonds. The fourth-order valence-electron chi connectivity index (χ4n) is 2.75. The number of hydrogen-bond donors (Lipinski definition) is 2. The van der Waals surface area contributed by atoms with Gasteiger partial charge in [-0.3, -0.25) is 4.79 Å². The fraction of sp³-hybridized carbons (Fsp3) is 0.412. The number of anilines is 2. The third kappa shape index (κ3) is 4.03. The number of carbonyl (C=O) groups excluding carboxylic acids is 1. The molecule has 0 unspecified atom stereocenters. The van der Waals surface area contributed by atoms with Gasteiger partial charge in [0.2, 0.25) is 5.91 Å². The molecule has 0 saturated carbocycles. The van der Waals surface area contributed by atoms with Crippen LogP contribution in [-0.2, 0) is 16.0 Å². The van der Waals surface area contributed by atoms with Crippen molar-refractivity contribution in [1.29, 1.82) is 0 Å². The maximum atomic E-state index is 12.3. The molecule has 2 heterocycles. The molecule has 1 fully saturated rings. The highest BCUT2D eigenvalue weighted by Crippen LogP contribution is 2.24. The molecule has 1 aromatic carbocycles. The van der Waals surface area contributed by atoms with E-state index >= 15 is 0 Å². The van der Waals surface area contributed by atoms with E-state index < -0.39 is 0 Å². The lowest BCUT2D eigenvalue weighted by molar-refractivity contribution is -0.115. The van der Waals surface area contributed by atoms with Gasteiger partial charge in [-0.2, -0.15) is 0 Å². The average Bonchev–Trinajstić information content (AvgIpc) is 2.87. The lowest BCUT2D eigenvalue weighted by Crippen LogP contribution is -2.36. The van der Waals surface area contributed by atoms with Crippen molar-refractivity contribution in [2.45, 2.75) is 20.3 Å². The molecule has 1 aliphatic rings. The number of amides is 1. The van der Waals surface area contributed by atoms with E-state index in [4.69, 9.17) is 17.0 Å². The normalized spacial score (nSPS) is 14.7. The van der Waals surface area contributed by atoms with Crippen LogP contribution in [-0.4, -0.2) is 37.2 Å². The molecule has 1 aliphatic heterocycles. The molecule has 0 spiro atoms. The van der Waals surface area contributed by atoms with Gasteiger partial charge in [-0.25, -0.2) is 0 Å². The van der Waals surface area contributed by atoms with Crippen LogP contribution in [0.5, 0.6) is 0 Å². The summed E-state index contributed by atoms with van der Waals surface area (Å²) in [5.41, 5.74) is 4.06. The lowest BCUT2D eigenvalue weighted by atomic mass is 10.1. The first-order valence-electron chi connectivity index (χ1n) is 7.95. The number of benzene rings is 1. The minimum Gasteiger partial charge on any atom is -0.378 e. The number of aryl methyl sites for hydroxylation is 2. The topological polar surface area (TPSA) is 57.4 Å². The highest BCUT2D eigenvalue weighted by atomic mass is 32.1. The summed E-state index contributed by atoms with van der Waals surface area (Å²) in [6, 6.07) is 6.15. The molecular weight excluding hydrogens is 342 g/mol. The molecule has 1 aromatic heterocycles. The standard InChI is InChI=1S/C17H21N3O2S2/c1-11-9-13(20-5-7-22-8-6-20)3-4-14(11)19-16(21)10-15-12(2)18-17(23)24-15/h3-4,9H,5-8,10H2,1-2H3,(H,18,23)(H,19,21). The number of aromatic nitrogens is 1. The molecule has 3 rings (SSSR count). The van der Waals surface area contributed by atoms with E-state index in [9.17, 15) is 4.79 Å². The summed E-state index contributed by atoms with van der Waals surface area (Å²) in [6.45, 7) is 7.30. The lowest BCUT2D eigenvalue weighted by Gasteiger charge is -2.29. The number of nitrogens with zero attached hydrogens (tertiary/aromatic N) is 1. The van der Waals surface area contributed by atoms with E-state index in [0.717, 1.165) is 48.1 Å². The Bertz CT molecular complexity index is 791. The van der Waals surface area contributed by atoms with Crippen LogP contribution in [0.4, 0.5) is 11.4 Å². The minimum atomic E-state index is -0.0226. The molecule has 24 heavy (non-hydrogen) atoms. The zero-order chi connectivity index (χ0) is 17.1. The van der Waals surface area contributed by atoms with Gasteiger partial charge in [0.05, 0.1) is 19.6 Å². The summed E-state index contributed by atoms with van der Waals surface area (Å²) in [4.78, 5) is 18.7. The maximum absolute atomic E-state index is 12.3. The number of rotatable bonds is 4. The third-order valence-corrected chi connectivity index (χ3v) is 5.44. The molecule has 0 radical (unpaired) electrons. The van der Waals surface area contributed by atoms with Crippen molar-refractivity contribution in [3.8, 4) is 0 Å². The van der Waals surface area contributed by atoms with Crippen LogP contribution in [0.2, 0.25) is 0 Å².